The smallest absolute Gasteiger partial charge is 0.161 e. The van der Waals surface area contributed by atoms with E-state index in [4.69, 9.17) is 9.47 Å². The van der Waals surface area contributed by atoms with Gasteiger partial charge in [0.25, 0.3) is 0 Å². The molecule has 26 heavy (non-hydrogen) atoms. The number of hydrogen-bond donors (Lipinski definition) is 2. The number of quaternary nitrogens is 1. The van der Waals surface area contributed by atoms with Crippen LogP contribution in [0.5, 0.6) is 17.2 Å². The molecule has 1 unspecified atom stereocenters. The SMILES string of the molecule is COc1cc2c(cc1OC)C[NH+](Cc1c(O)ccc3ccccc13)CC2. The lowest BCUT2D eigenvalue weighted by atomic mass is 9.97. The standard InChI is InChI=1S/C22H23NO3/c1-25-21-11-16-9-10-23(13-17(16)12-22(21)26-2)14-19-18-6-4-3-5-15(18)7-8-20(19)24/h3-8,11-12,24H,9-10,13-14H2,1-2H3/p+1. The summed E-state index contributed by atoms with van der Waals surface area (Å²) in [6, 6.07) is 16.2. The molecule has 1 aliphatic heterocycles. The predicted molar refractivity (Wildman–Crippen MR) is 102 cm³/mol. The Morgan fingerprint density at radius 1 is 0.962 bits per heavy atom. The van der Waals surface area contributed by atoms with Gasteiger partial charge in [0.05, 0.1) is 26.3 Å². The summed E-state index contributed by atoms with van der Waals surface area (Å²) >= 11 is 0. The van der Waals surface area contributed by atoms with E-state index in [1.165, 1.54) is 21.4 Å². The second kappa shape index (κ2) is 6.89. The van der Waals surface area contributed by atoms with Crippen molar-refractivity contribution in [3.05, 3.63) is 65.2 Å². The van der Waals surface area contributed by atoms with Gasteiger partial charge in [-0.05, 0) is 34.5 Å². The van der Waals surface area contributed by atoms with Gasteiger partial charge in [-0.1, -0.05) is 30.3 Å². The topological polar surface area (TPSA) is 43.1 Å². The molecule has 0 radical (unpaired) electrons. The Kier molecular flexibility index (Phi) is 4.43. The van der Waals surface area contributed by atoms with Crippen LogP contribution in [0.3, 0.4) is 0 Å². The van der Waals surface area contributed by atoms with Crippen LogP contribution < -0.4 is 14.4 Å². The maximum absolute atomic E-state index is 10.4. The number of fused-ring (bicyclic) bond motifs is 2. The van der Waals surface area contributed by atoms with E-state index in [0.717, 1.165) is 48.5 Å². The zero-order chi connectivity index (χ0) is 18.1. The lowest BCUT2D eigenvalue weighted by Crippen LogP contribution is -3.10. The summed E-state index contributed by atoms with van der Waals surface area (Å²) in [5.74, 6) is 1.95. The Labute approximate surface area is 153 Å². The zero-order valence-electron chi connectivity index (χ0n) is 15.2. The van der Waals surface area contributed by atoms with Crippen molar-refractivity contribution in [1.82, 2.24) is 0 Å². The molecule has 0 spiro atoms. The highest BCUT2D eigenvalue weighted by atomic mass is 16.5. The second-order valence-corrected chi connectivity index (χ2v) is 6.86. The van der Waals surface area contributed by atoms with Gasteiger partial charge in [-0.25, -0.2) is 0 Å². The summed E-state index contributed by atoms with van der Waals surface area (Å²) in [6.07, 6.45) is 0.997. The van der Waals surface area contributed by atoms with Crippen molar-refractivity contribution in [1.29, 1.82) is 0 Å². The Morgan fingerprint density at radius 2 is 1.69 bits per heavy atom. The molecule has 134 valence electrons. The summed E-state index contributed by atoms with van der Waals surface area (Å²) in [5.41, 5.74) is 3.65. The van der Waals surface area contributed by atoms with Crippen molar-refractivity contribution in [3.8, 4) is 17.2 Å². The van der Waals surface area contributed by atoms with E-state index < -0.39 is 0 Å². The number of methoxy groups -OCH3 is 2. The molecule has 4 rings (SSSR count). The lowest BCUT2D eigenvalue weighted by molar-refractivity contribution is -0.929. The lowest BCUT2D eigenvalue weighted by Gasteiger charge is -2.27. The number of nitrogens with one attached hydrogen (secondary N) is 1. The molecule has 0 aromatic heterocycles. The molecular weight excluding hydrogens is 326 g/mol. The Bertz CT molecular complexity index is 952. The molecule has 0 saturated carbocycles. The van der Waals surface area contributed by atoms with E-state index in [0.29, 0.717) is 5.75 Å². The molecule has 3 aromatic carbocycles. The van der Waals surface area contributed by atoms with Gasteiger partial charge in [-0.2, -0.15) is 0 Å². The minimum absolute atomic E-state index is 0.384. The fourth-order valence-electron chi connectivity index (χ4n) is 3.94. The molecule has 3 aromatic rings. The van der Waals surface area contributed by atoms with Crippen LogP contribution in [0.25, 0.3) is 10.8 Å². The number of aromatic hydroxyl groups is 1. The highest BCUT2D eigenvalue weighted by Gasteiger charge is 2.23. The van der Waals surface area contributed by atoms with Gasteiger partial charge in [0.2, 0.25) is 0 Å². The minimum Gasteiger partial charge on any atom is -0.507 e. The molecule has 0 aliphatic carbocycles. The van der Waals surface area contributed by atoms with E-state index in [1.807, 2.05) is 24.3 Å². The zero-order valence-corrected chi connectivity index (χ0v) is 15.2. The van der Waals surface area contributed by atoms with Crippen LogP contribution in [0.15, 0.2) is 48.5 Å². The van der Waals surface area contributed by atoms with Gasteiger partial charge in [0.15, 0.2) is 11.5 Å². The predicted octanol–water partition coefficient (Wildman–Crippen LogP) is 2.70. The Hall–Kier alpha value is -2.72. The van der Waals surface area contributed by atoms with Gasteiger partial charge >= 0.3 is 0 Å². The first kappa shape index (κ1) is 16.7. The molecule has 0 saturated heterocycles. The fraction of sp³-hybridized carbons (Fsp3) is 0.273. The number of benzene rings is 3. The molecule has 0 fully saturated rings. The molecule has 4 nitrogen and oxygen atoms in total. The van der Waals surface area contributed by atoms with Crippen molar-refractivity contribution >= 4 is 10.8 Å². The highest BCUT2D eigenvalue weighted by Crippen LogP contribution is 2.31. The summed E-state index contributed by atoms with van der Waals surface area (Å²) < 4.78 is 10.9. The van der Waals surface area contributed by atoms with Crippen molar-refractivity contribution in [3.63, 3.8) is 0 Å². The third-order valence-electron chi connectivity index (χ3n) is 5.34. The Morgan fingerprint density at radius 3 is 2.46 bits per heavy atom. The number of phenolic OH excluding ortho intramolecular Hbond substituents is 1. The number of phenols is 1. The number of ether oxygens (including phenoxy) is 2. The average Bonchev–Trinajstić information content (AvgIpc) is 2.69. The number of hydrogen-bond acceptors (Lipinski definition) is 3. The maximum atomic E-state index is 10.4. The molecule has 1 heterocycles. The number of rotatable bonds is 4. The van der Waals surface area contributed by atoms with Gasteiger partial charge in [0, 0.05) is 12.0 Å². The van der Waals surface area contributed by atoms with E-state index in [2.05, 4.69) is 24.3 Å². The molecule has 4 heteroatoms. The molecular formula is C22H24NO3+. The van der Waals surface area contributed by atoms with Crippen LogP contribution >= 0.6 is 0 Å². The first-order chi connectivity index (χ1) is 12.7. The van der Waals surface area contributed by atoms with Crippen molar-refractivity contribution in [2.45, 2.75) is 19.5 Å². The average molecular weight is 350 g/mol. The normalized spacial score (nSPS) is 16.3. The fourth-order valence-corrected chi connectivity index (χ4v) is 3.94. The molecule has 1 aliphatic rings. The van der Waals surface area contributed by atoms with Crippen LogP contribution in [0.2, 0.25) is 0 Å². The van der Waals surface area contributed by atoms with Crippen LogP contribution in [0, 0.1) is 0 Å². The largest absolute Gasteiger partial charge is 0.507 e. The summed E-state index contributed by atoms with van der Waals surface area (Å²) in [5, 5.41) is 12.7. The second-order valence-electron chi connectivity index (χ2n) is 6.86. The van der Waals surface area contributed by atoms with Crippen molar-refractivity contribution < 1.29 is 19.5 Å². The van der Waals surface area contributed by atoms with Crippen LogP contribution in [0.4, 0.5) is 0 Å². The quantitative estimate of drug-likeness (QED) is 0.760. The third-order valence-corrected chi connectivity index (χ3v) is 5.34. The van der Waals surface area contributed by atoms with E-state index >= 15 is 0 Å². The molecule has 0 bridgehead atoms. The molecule has 1 atom stereocenters. The maximum Gasteiger partial charge on any atom is 0.161 e. The molecule has 0 amide bonds. The van der Waals surface area contributed by atoms with Crippen molar-refractivity contribution in [2.24, 2.45) is 0 Å². The Balaban J connectivity index is 1.63. The highest BCUT2D eigenvalue weighted by molar-refractivity contribution is 5.87. The summed E-state index contributed by atoms with van der Waals surface area (Å²) in [6.45, 7) is 2.75. The van der Waals surface area contributed by atoms with Crippen LogP contribution in [0.1, 0.15) is 16.7 Å². The van der Waals surface area contributed by atoms with Crippen molar-refractivity contribution in [2.75, 3.05) is 20.8 Å². The third kappa shape index (κ3) is 2.97. The molecule has 2 N–H and O–H groups in total. The first-order valence-corrected chi connectivity index (χ1v) is 8.96. The van der Waals surface area contributed by atoms with Gasteiger partial charge < -0.3 is 19.5 Å². The van der Waals surface area contributed by atoms with E-state index in [1.54, 1.807) is 14.2 Å². The summed E-state index contributed by atoms with van der Waals surface area (Å²) in [4.78, 5) is 1.44. The van der Waals surface area contributed by atoms with Crippen LogP contribution in [-0.4, -0.2) is 25.9 Å². The van der Waals surface area contributed by atoms with E-state index in [-0.39, 0.29) is 0 Å². The van der Waals surface area contributed by atoms with Gasteiger partial charge in [-0.15, -0.1) is 0 Å². The summed E-state index contributed by atoms with van der Waals surface area (Å²) in [7, 11) is 3.35. The first-order valence-electron chi connectivity index (χ1n) is 8.96. The van der Waals surface area contributed by atoms with Crippen LogP contribution in [-0.2, 0) is 19.5 Å². The minimum atomic E-state index is 0.384. The van der Waals surface area contributed by atoms with Gasteiger partial charge in [-0.3, -0.25) is 0 Å². The van der Waals surface area contributed by atoms with E-state index in [9.17, 15) is 5.11 Å². The monoisotopic (exact) mass is 350 g/mol. The van der Waals surface area contributed by atoms with Gasteiger partial charge in [0.1, 0.15) is 18.8 Å².